The molecule has 2 amide bonds. The van der Waals surface area contributed by atoms with Crippen LogP contribution in [0.25, 0.3) is 0 Å². The standard InChI is InChI=1S/C26H22F3N3O2S/c1-17-10-12-18(13-11-17)16-32-24(34)22(35-25(32)31-20-7-3-2-4-8-20)15-23(33)30-21-9-5-6-19(14-21)26(27,28)29/h2-14,22H,15-16H2,1H3,(H,30,33)/t22-/m1/s1. The van der Waals surface area contributed by atoms with Crippen LogP contribution < -0.4 is 5.32 Å². The maximum Gasteiger partial charge on any atom is 0.416 e. The summed E-state index contributed by atoms with van der Waals surface area (Å²) in [5, 5.41) is 2.20. The Hall–Kier alpha value is -3.59. The first kappa shape index (κ1) is 24.5. The minimum absolute atomic E-state index is 0.0231. The van der Waals surface area contributed by atoms with Gasteiger partial charge in [0.1, 0.15) is 5.25 Å². The van der Waals surface area contributed by atoms with Crippen molar-refractivity contribution in [3.05, 3.63) is 95.6 Å². The van der Waals surface area contributed by atoms with Crippen molar-refractivity contribution in [3.63, 3.8) is 0 Å². The van der Waals surface area contributed by atoms with Gasteiger partial charge in [-0.25, -0.2) is 4.99 Å². The highest BCUT2D eigenvalue weighted by Crippen LogP contribution is 2.34. The number of nitrogens with one attached hydrogen (secondary N) is 1. The van der Waals surface area contributed by atoms with Gasteiger partial charge in [-0.2, -0.15) is 13.2 Å². The van der Waals surface area contributed by atoms with Gasteiger partial charge < -0.3 is 5.32 Å². The van der Waals surface area contributed by atoms with Crippen molar-refractivity contribution in [1.29, 1.82) is 0 Å². The molecule has 1 saturated heterocycles. The predicted molar refractivity (Wildman–Crippen MR) is 131 cm³/mol. The van der Waals surface area contributed by atoms with Crippen molar-refractivity contribution in [2.45, 2.75) is 31.3 Å². The van der Waals surface area contributed by atoms with Crippen LogP contribution in [0.15, 0.2) is 83.9 Å². The van der Waals surface area contributed by atoms with Gasteiger partial charge in [0.05, 0.1) is 17.8 Å². The minimum atomic E-state index is -4.52. The second-order valence-corrected chi connectivity index (χ2v) is 9.25. The molecule has 1 aliphatic heterocycles. The molecule has 0 radical (unpaired) electrons. The summed E-state index contributed by atoms with van der Waals surface area (Å²) in [6.07, 6.45) is -4.71. The number of para-hydroxylation sites is 1. The maximum absolute atomic E-state index is 13.2. The molecule has 1 N–H and O–H groups in total. The number of thioether (sulfide) groups is 1. The molecule has 0 bridgehead atoms. The normalized spacial score (nSPS) is 17.1. The Balaban J connectivity index is 1.52. The fraction of sp³-hybridized carbons (Fsp3) is 0.192. The Bertz CT molecular complexity index is 1240. The van der Waals surface area contributed by atoms with Gasteiger partial charge in [0.25, 0.3) is 0 Å². The number of aliphatic imine (C=N–C) groups is 1. The maximum atomic E-state index is 13.2. The van der Waals surface area contributed by atoms with E-state index in [1.165, 1.54) is 23.9 Å². The first-order chi connectivity index (χ1) is 16.7. The Kier molecular flexibility index (Phi) is 7.25. The van der Waals surface area contributed by atoms with Gasteiger partial charge in [-0.05, 0) is 42.8 Å². The molecule has 1 heterocycles. The van der Waals surface area contributed by atoms with E-state index >= 15 is 0 Å². The van der Waals surface area contributed by atoms with Crippen molar-refractivity contribution in [2.75, 3.05) is 5.32 Å². The quantitative estimate of drug-likeness (QED) is 0.443. The number of amidine groups is 1. The summed E-state index contributed by atoms with van der Waals surface area (Å²) >= 11 is 1.18. The molecule has 180 valence electrons. The Morgan fingerprint density at radius 3 is 2.43 bits per heavy atom. The fourth-order valence-corrected chi connectivity index (χ4v) is 4.67. The highest BCUT2D eigenvalue weighted by Gasteiger charge is 2.39. The predicted octanol–water partition coefficient (Wildman–Crippen LogP) is 6.17. The second-order valence-electron chi connectivity index (χ2n) is 8.08. The highest BCUT2D eigenvalue weighted by atomic mass is 32.2. The third kappa shape index (κ3) is 6.30. The van der Waals surface area contributed by atoms with E-state index in [1.807, 2.05) is 61.5 Å². The average molecular weight is 498 g/mol. The second kappa shape index (κ2) is 10.4. The van der Waals surface area contributed by atoms with E-state index in [9.17, 15) is 22.8 Å². The summed E-state index contributed by atoms with van der Waals surface area (Å²) in [6.45, 7) is 2.27. The van der Waals surface area contributed by atoms with Gasteiger partial charge in [-0.1, -0.05) is 65.9 Å². The topological polar surface area (TPSA) is 61.8 Å². The largest absolute Gasteiger partial charge is 0.416 e. The van der Waals surface area contributed by atoms with E-state index in [0.29, 0.717) is 17.4 Å². The molecule has 1 aliphatic rings. The monoisotopic (exact) mass is 497 g/mol. The Labute approximate surface area is 205 Å². The zero-order valence-electron chi connectivity index (χ0n) is 18.8. The lowest BCUT2D eigenvalue weighted by Gasteiger charge is -2.17. The van der Waals surface area contributed by atoms with E-state index < -0.39 is 22.9 Å². The molecule has 0 unspecified atom stereocenters. The van der Waals surface area contributed by atoms with E-state index in [-0.39, 0.29) is 18.0 Å². The van der Waals surface area contributed by atoms with Crippen molar-refractivity contribution in [3.8, 4) is 0 Å². The number of benzene rings is 3. The van der Waals surface area contributed by atoms with Crippen LogP contribution in [0.1, 0.15) is 23.1 Å². The van der Waals surface area contributed by atoms with Crippen molar-refractivity contribution < 1.29 is 22.8 Å². The first-order valence-corrected chi connectivity index (χ1v) is 11.7. The van der Waals surface area contributed by atoms with Crippen LogP contribution in [0.4, 0.5) is 24.5 Å². The van der Waals surface area contributed by atoms with Crippen molar-refractivity contribution in [2.24, 2.45) is 4.99 Å². The molecular weight excluding hydrogens is 475 g/mol. The molecule has 3 aromatic rings. The molecule has 5 nitrogen and oxygen atoms in total. The van der Waals surface area contributed by atoms with Gasteiger partial charge in [0.15, 0.2) is 5.17 Å². The smallest absolute Gasteiger partial charge is 0.326 e. The summed E-state index contributed by atoms with van der Waals surface area (Å²) in [4.78, 5) is 32.0. The number of rotatable bonds is 6. The third-order valence-electron chi connectivity index (χ3n) is 5.31. The van der Waals surface area contributed by atoms with Gasteiger partial charge in [0, 0.05) is 12.1 Å². The number of nitrogens with zero attached hydrogens (tertiary/aromatic N) is 2. The van der Waals surface area contributed by atoms with E-state index in [2.05, 4.69) is 10.3 Å². The van der Waals surface area contributed by atoms with Gasteiger partial charge in [-0.15, -0.1) is 0 Å². The molecular formula is C26H22F3N3O2S. The molecule has 3 aromatic carbocycles. The van der Waals surface area contributed by atoms with Crippen molar-refractivity contribution in [1.82, 2.24) is 4.90 Å². The third-order valence-corrected chi connectivity index (χ3v) is 6.48. The molecule has 9 heteroatoms. The highest BCUT2D eigenvalue weighted by molar-refractivity contribution is 8.15. The summed E-state index contributed by atoms with van der Waals surface area (Å²) in [6, 6.07) is 21.3. The van der Waals surface area contributed by atoms with Crippen LogP contribution in [0.2, 0.25) is 0 Å². The number of carbonyl (C=O) groups is 2. The summed E-state index contributed by atoms with van der Waals surface area (Å²) in [5.41, 5.74) is 1.85. The van der Waals surface area contributed by atoms with Gasteiger partial charge in [-0.3, -0.25) is 14.5 Å². The minimum Gasteiger partial charge on any atom is -0.326 e. The lowest BCUT2D eigenvalue weighted by atomic mass is 10.1. The number of alkyl halides is 3. The van der Waals surface area contributed by atoms with Crippen LogP contribution in [-0.4, -0.2) is 27.1 Å². The van der Waals surface area contributed by atoms with Crippen LogP contribution in [0, 0.1) is 6.92 Å². The number of hydrogen-bond acceptors (Lipinski definition) is 4. The lowest BCUT2D eigenvalue weighted by molar-refractivity contribution is -0.137. The zero-order chi connectivity index (χ0) is 25.0. The fourth-order valence-electron chi connectivity index (χ4n) is 3.51. The molecule has 0 aromatic heterocycles. The zero-order valence-corrected chi connectivity index (χ0v) is 19.6. The average Bonchev–Trinajstić information content (AvgIpc) is 3.09. The van der Waals surface area contributed by atoms with Crippen LogP contribution >= 0.6 is 11.8 Å². The number of carbonyl (C=O) groups excluding carboxylic acids is 2. The first-order valence-electron chi connectivity index (χ1n) is 10.8. The van der Waals surface area contributed by atoms with E-state index in [0.717, 1.165) is 23.3 Å². The molecule has 4 rings (SSSR count). The summed E-state index contributed by atoms with van der Waals surface area (Å²) in [7, 11) is 0. The van der Waals surface area contributed by atoms with Crippen molar-refractivity contribution >= 4 is 40.1 Å². The van der Waals surface area contributed by atoms with Crippen LogP contribution in [-0.2, 0) is 22.3 Å². The van der Waals surface area contributed by atoms with Crippen LogP contribution in [0.5, 0.6) is 0 Å². The summed E-state index contributed by atoms with van der Waals surface area (Å²) in [5.74, 6) is -0.823. The van der Waals surface area contributed by atoms with E-state index in [1.54, 1.807) is 4.90 Å². The van der Waals surface area contributed by atoms with Gasteiger partial charge in [0.2, 0.25) is 11.8 Å². The molecule has 1 atom stereocenters. The molecule has 0 spiro atoms. The number of aryl methyl sites for hydroxylation is 1. The van der Waals surface area contributed by atoms with E-state index in [4.69, 9.17) is 0 Å². The molecule has 35 heavy (non-hydrogen) atoms. The molecule has 1 fully saturated rings. The van der Waals surface area contributed by atoms with Crippen LogP contribution in [0.3, 0.4) is 0 Å². The number of anilines is 1. The summed E-state index contributed by atoms with van der Waals surface area (Å²) < 4.78 is 38.9. The number of halogens is 3. The SMILES string of the molecule is Cc1ccc(CN2C(=O)[C@@H](CC(=O)Nc3cccc(C(F)(F)F)c3)SC2=Nc2ccccc2)cc1. The Morgan fingerprint density at radius 1 is 1.03 bits per heavy atom. The number of amides is 2. The lowest BCUT2D eigenvalue weighted by Crippen LogP contribution is -2.33. The molecule has 0 aliphatic carbocycles. The number of hydrogen-bond donors (Lipinski definition) is 1. The Morgan fingerprint density at radius 2 is 1.74 bits per heavy atom. The van der Waals surface area contributed by atoms with Gasteiger partial charge >= 0.3 is 6.18 Å². The molecule has 0 saturated carbocycles.